The van der Waals surface area contributed by atoms with Crippen LogP contribution in [0.3, 0.4) is 0 Å². The number of hydrogen-bond donors (Lipinski definition) is 0. The van der Waals surface area contributed by atoms with Crippen molar-refractivity contribution < 1.29 is 4.79 Å². The maximum atomic E-state index is 13.8. The van der Waals surface area contributed by atoms with Gasteiger partial charge in [0.2, 0.25) is 0 Å². The summed E-state index contributed by atoms with van der Waals surface area (Å²) in [7, 11) is 0. The average molecular weight is 409 g/mol. The summed E-state index contributed by atoms with van der Waals surface area (Å²) in [5.41, 5.74) is 3.99. The molecule has 0 atom stereocenters. The number of carbonyl (C=O) groups excluding carboxylic acids is 1. The number of benzene rings is 2. The number of aryl methyl sites for hydroxylation is 1. The largest absolute Gasteiger partial charge is 0.353 e. The molecule has 1 saturated heterocycles. The van der Waals surface area contributed by atoms with Gasteiger partial charge < -0.3 is 9.80 Å². The monoisotopic (exact) mass is 409 g/mol. The number of pyridine rings is 1. The van der Waals surface area contributed by atoms with E-state index in [1.807, 2.05) is 78.6 Å². The quantitative estimate of drug-likeness (QED) is 0.513. The first-order chi connectivity index (χ1) is 15.2. The van der Waals surface area contributed by atoms with Crippen molar-refractivity contribution in [1.82, 2.24) is 20.1 Å². The van der Waals surface area contributed by atoms with Gasteiger partial charge in [-0.2, -0.15) is 0 Å². The molecule has 0 aliphatic carbocycles. The summed E-state index contributed by atoms with van der Waals surface area (Å²) in [5, 5.41) is 9.72. The van der Waals surface area contributed by atoms with Gasteiger partial charge in [-0.05, 0) is 31.2 Å². The fourth-order valence-electron chi connectivity index (χ4n) is 4.07. The molecule has 0 radical (unpaired) electrons. The van der Waals surface area contributed by atoms with E-state index in [2.05, 4.69) is 20.1 Å². The maximum Gasteiger partial charge on any atom is 0.256 e. The third-order valence-electron chi connectivity index (χ3n) is 5.72. The topological polar surface area (TPSA) is 62.2 Å². The number of amides is 1. The van der Waals surface area contributed by atoms with E-state index in [9.17, 15) is 4.79 Å². The Bertz CT molecular complexity index is 1220. The van der Waals surface area contributed by atoms with E-state index in [0.717, 1.165) is 40.9 Å². The van der Waals surface area contributed by atoms with Gasteiger partial charge in [-0.25, -0.2) is 4.98 Å². The van der Waals surface area contributed by atoms with Crippen molar-refractivity contribution in [1.29, 1.82) is 0 Å². The number of nitrogens with zero attached hydrogens (tertiary/aromatic N) is 5. The standard InChI is InChI=1S/C25H23N5O/c1-18-10-11-21-20(17-18)23(24(28-27-21)19-7-3-2-4-8-19)25(31)30-15-13-29(14-16-30)22-9-5-6-12-26-22/h2-12,17H,13-16H2,1H3. The fraction of sp³-hybridized carbons (Fsp3) is 0.200. The van der Waals surface area contributed by atoms with Crippen LogP contribution in [0.5, 0.6) is 0 Å². The van der Waals surface area contributed by atoms with Gasteiger partial charge in [0.05, 0.1) is 11.1 Å². The van der Waals surface area contributed by atoms with Crippen molar-refractivity contribution >= 4 is 22.6 Å². The zero-order valence-corrected chi connectivity index (χ0v) is 17.4. The van der Waals surface area contributed by atoms with Gasteiger partial charge in [0, 0.05) is 43.3 Å². The predicted octanol–water partition coefficient (Wildman–Crippen LogP) is 3.96. The van der Waals surface area contributed by atoms with Crippen LogP contribution in [0.2, 0.25) is 0 Å². The predicted molar refractivity (Wildman–Crippen MR) is 122 cm³/mol. The molecule has 154 valence electrons. The minimum absolute atomic E-state index is 0.00465. The van der Waals surface area contributed by atoms with Gasteiger partial charge in [0.25, 0.3) is 5.91 Å². The number of piperazine rings is 1. The summed E-state index contributed by atoms with van der Waals surface area (Å²) in [6, 6.07) is 21.7. The lowest BCUT2D eigenvalue weighted by atomic mass is 9.99. The van der Waals surface area contributed by atoms with Crippen LogP contribution in [0, 0.1) is 6.92 Å². The van der Waals surface area contributed by atoms with Gasteiger partial charge >= 0.3 is 0 Å². The minimum Gasteiger partial charge on any atom is -0.353 e. The van der Waals surface area contributed by atoms with Crippen LogP contribution in [0.1, 0.15) is 15.9 Å². The summed E-state index contributed by atoms with van der Waals surface area (Å²) in [6.45, 7) is 4.80. The Labute approximate surface area is 181 Å². The molecule has 0 spiro atoms. The molecule has 0 saturated carbocycles. The van der Waals surface area contributed by atoms with E-state index in [-0.39, 0.29) is 5.91 Å². The Morgan fingerprint density at radius 3 is 2.39 bits per heavy atom. The highest BCUT2D eigenvalue weighted by molar-refractivity contribution is 6.10. The molecule has 1 fully saturated rings. The van der Waals surface area contributed by atoms with Crippen molar-refractivity contribution in [3.8, 4) is 11.3 Å². The summed E-state index contributed by atoms with van der Waals surface area (Å²) < 4.78 is 0. The smallest absolute Gasteiger partial charge is 0.256 e. The molecule has 2 aromatic carbocycles. The van der Waals surface area contributed by atoms with Crippen LogP contribution in [-0.4, -0.2) is 52.2 Å². The molecule has 0 N–H and O–H groups in total. The third-order valence-corrected chi connectivity index (χ3v) is 5.72. The van der Waals surface area contributed by atoms with Gasteiger partial charge in [0.15, 0.2) is 0 Å². The lowest BCUT2D eigenvalue weighted by Gasteiger charge is -2.35. The SMILES string of the molecule is Cc1ccc2nnc(-c3ccccc3)c(C(=O)N3CCN(c4ccccn4)CC3)c2c1. The minimum atomic E-state index is 0.00465. The normalized spacial score (nSPS) is 14.1. The second-order valence-corrected chi connectivity index (χ2v) is 7.78. The third kappa shape index (κ3) is 3.72. The second-order valence-electron chi connectivity index (χ2n) is 7.78. The first-order valence-corrected chi connectivity index (χ1v) is 10.5. The molecule has 31 heavy (non-hydrogen) atoms. The number of rotatable bonds is 3. The molecule has 6 nitrogen and oxygen atoms in total. The zero-order valence-electron chi connectivity index (χ0n) is 17.4. The van der Waals surface area contributed by atoms with E-state index in [1.54, 1.807) is 6.20 Å². The maximum absolute atomic E-state index is 13.8. The van der Waals surface area contributed by atoms with E-state index >= 15 is 0 Å². The van der Waals surface area contributed by atoms with Crippen LogP contribution in [0.25, 0.3) is 22.2 Å². The highest BCUT2D eigenvalue weighted by Crippen LogP contribution is 2.29. The number of anilines is 1. The molecular weight excluding hydrogens is 386 g/mol. The van der Waals surface area contributed by atoms with Crippen molar-refractivity contribution in [2.75, 3.05) is 31.1 Å². The van der Waals surface area contributed by atoms with Gasteiger partial charge in [-0.3, -0.25) is 4.79 Å². The Balaban J connectivity index is 1.51. The van der Waals surface area contributed by atoms with Crippen LogP contribution in [0.15, 0.2) is 72.9 Å². The highest BCUT2D eigenvalue weighted by Gasteiger charge is 2.27. The molecule has 4 aromatic rings. The molecule has 1 aliphatic heterocycles. The first-order valence-electron chi connectivity index (χ1n) is 10.5. The van der Waals surface area contributed by atoms with Crippen molar-refractivity contribution in [3.05, 3.63) is 84.1 Å². The highest BCUT2D eigenvalue weighted by atomic mass is 16.2. The Kier molecular flexibility index (Phi) is 5.04. The molecule has 1 aliphatic rings. The van der Waals surface area contributed by atoms with Crippen molar-refractivity contribution in [2.45, 2.75) is 6.92 Å². The fourth-order valence-corrected chi connectivity index (χ4v) is 4.07. The molecule has 3 heterocycles. The van der Waals surface area contributed by atoms with E-state index in [1.165, 1.54) is 0 Å². The molecule has 1 amide bonds. The molecular formula is C25H23N5O. The van der Waals surface area contributed by atoms with E-state index in [0.29, 0.717) is 24.3 Å². The van der Waals surface area contributed by atoms with Crippen LogP contribution in [0.4, 0.5) is 5.82 Å². The van der Waals surface area contributed by atoms with Gasteiger partial charge in [-0.15, -0.1) is 10.2 Å². The van der Waals surface area contributed by atoms with Crippen LogP contribution in [-0.2, 0) is 0 Å². The lowest BCUT2D eigenvalue weighted by Crippen LogP contribution is -2.49. The lowest BCUT2D eigenvalue weighted by molar-refractivity contribution is 0.0749. The molecule has 2 aromatic heterocycles. The summed E-state index contributed by atoms with van der Waals surface area (Å²) in [6.07, 6.45) is 1.80. The van der Waals surface area contributed by atoms with E-state index in [4.69, 9.17) is 0 Å². The van der Waals surface area contributed by atoms with Gasteiger partial charge in [0.1, 0.15) is 11.5 Å². The Hall–Kier alpha value is -3.80. The van der Waals surface area contributed by atoms with Crippen LogP contribution < -0.4 is 4.90 Å². The molecule has 6 heteroatoms. The first kappa shape index (κ1) is 19.2. The summed E-state index contributed by atoms with van der Waals surface area (Å²) in [4.78, 5) is 22.4. The zero-order chi connectivity index (χ0) is 21.2. The molecule has 0 unspecified atom stereocenters. The van der Waals surface area contributed by atoms with Crippen molar-refractivity contribution in [2.24, 2.45) is 0 Å². The molecule has 5 rings (SSSR count). The number of fused-ring (bicyclic) bond motifs is 1. The Morgan fingerprint density at radius 2 is 1.65 bits per heavy atom. The summed E-state index contributed by atoms with van der Waals surface area (Å²) in [5.74, 6) is 0.955. The number of carbonyl (C=O) groups is 1. The second kappa shape index (κ2) is 8.14. The van der Waals surface area contributed by atoms with E-state index < -0.39 is 0 Å². The number of hydrogen-bond acceptors (Lipinski definition) is 5. The van der Waals surface area contributed by atoms with Gasteiger partial charge in [-0.1, -0.05) is 48.0 Å². The Morgan fingerprint density at radius 1 is 0.871 bits per heavy atom. The average Bonchev–Trinajstić information content (AvgIpc) is 2.84. The van der Waals surface area contributed by atoms with Crippen molar-refractivity contribution in [3.63, 3.8) is 0 Å². The summed E-state index contributed by atoms with van der Waals surface area (Å²) >= 11 is 0. The molecule has 0 bridgehead atoms. The van der Waals surface area contributed by atoms with Crippen LogP contribution >= 0.6 is 0 Å². The number of aromatic nitrogens is 3.